The Labute approximate surface area is 197 Å². The number of carbonyl (C=O) groups excluding carboxylic acids is 1. The predicted octanol–water partition coefficient (Wildman–Crippen LogP) is 5.59. The second-order valence-electron chi connectivity index (χ2n) is 7.88. The van der Waals surface area contributed by atoms with Crippen molar-refractivity contribution < 1.29 is 9.90 Å². The zero-order valence-corrected chi connectivity index (χ0v) is 19.0. The van der Waals surface area contributed by atoms with Crippen LogP contribution in [-0.2, 0) is 13.1 Å². The summed E-state index contributed by atoms with van der Waals surface area (Å²) < 4.78 is 0. The Hall–Kier alpha value is -3.67. The van der Waals surface area contributed by atoms with Gasteiger partial charge in [-0.2, -0.15) is 5.10 Å². The fourth-order valence-electron chi connectivity index (χ4n) is 3.75. The molecule has 0 bridgehead atoms. The van der Waals surface area contributed by atoms with Gasteiger partial charge in [0.2, 0.25) is 0 Å². The topological polar surface area (TPSA) is 64.9 Å². The number of nitrogens with one attached hydrogen (secondary N) is 1. The molecule has 1 amide bonds. The van der Waals surface area contributed by atoms with Crippen LogP contribution >= 0.6 is 11.6 Å². The van der Waals surface area contributed by atoms with E-state index in [-0.39, 0.29) is 10.8 Å². The Morgan fingerprint density at radius 2 is 1.70 bits per heavy atom. The molecule has 0 aliphatic carbocycles. The molecule has 4 aromatic rings. The van der Waals surface area contributed by atoms with E-state index >= 15 is 0 Å². The number of fused-ring (bicyclic) bond motifs is 1. The van der Waals surface area contributed by atoms with Crippen LogP contribution in [-0.4, -0.2) is 29.2 Å². The van der Waals surface area contributed by atoms with E-state index in [1.54, 1.807) is 6.21 Å². The van der Waals surface area contributed by atoms with Crippen LogP contribution < -0.4 is 5.43 Å². The lowest BCUT2D eigenvalue weighted by molar-refractivity contribution is 0.0955. The van der Waals surface area contributed by atoms with E-state index in [4.69, 9.17) is 11.6 Å². The van der Waals surface area contributed by atoms with Crippen LogP contribution in [0.3, 0.4) is 0 Å². The lowest BCUT2D eigenvalue weighted by Gasteiger charge is -2.18. The van der Waals surface area contributed by atoms with Crippen molar-refractivity contribution in [2.24, 2.45) is 5.10 Å². The van der Waals surface area contributed by atoms with Crippen molar-refractivity contribution in [2.45, 2.75) is 13.1 Å². The Morgan fingerprint density at radius 3 is 2.45 bits per heavy atom. The van der Waals surface area contributed by atoms with Crippen LogP contribution in [0.25, 0.3) is 10.8 Å². The van der Waals surface area contributed by atoms with Crippen LogP contribution in [0.1, 0.15) is 27.0 Å². The minimum Gasteiger partial charge on any atom is -0.506 e. The summed E-state index contributed by atoms with van der Waals surface area (Å²) in [5.74, 6) is -0.477. The molecule has 33 heavy (non-hydrogen) atoms. The number of nitrogens with zero attached hydrogens (tertiary/aromatic N) is 2. The monoisotopic (exact) mass is 457 g/mol. The molecule has 0 radical (unpaired) electrons. The van der Waals surface area contributed by atoms with Gasteiger partial charge in [0, 0.05) is 24.2 Å². The van der Waals surface area contributed by atoms with Crippen LogP contribution in [0.15, 0.2) is 90.0 Å². The summed E-state index contributed by atoms with van der Waals surface area (Å²) >= 11 is 5.88. The number of benzene rings is 4. The minimum atomic E-state index is -0.406. The summed E-state index contributed by atoms with van der Waals surface area (Å²) in [6.07, 6.45) is 1.64. The van der Waals surface area contributed by atoms with Gasteiger partial charge >= 0.3 is 0 Å². The molecule has 4 rings (SSSR count). The number of phenols is 1. The van der Waals surface area contributed by atoms with Crippen molar-refractivity contribution in [3.8, 4) is 5.75 Å². The molecule has 0 atom stereocenters. The molecule has 0 saturated carbocycles. The van der Waals surface area contributed by atoms with E-state index in [0.717, 1.165) is 29.4 Å². The van der Waals surface area contributed by atoms with Crippen molar-refractivity contribution in [3.63, 3.8) is 0 Å². The normalized spacial score (nSPS) is 11.4. The maximum atomic E-state index is 12.3. The summed E-state index contributed by atoms with van der Waals surface area (Å²) in [6, 6.07) is 27.0. The van der Waals surface area contributed by atoms with E-state index < -0.39 is 5.91 Å². The van der Waals surface area contributed by atoms with Gasteiger partial charge in [0.25, 0.3) is 5.91 Å². The molecule has 0 aliphatic rings. The lowest BCUT2D eigenvalue weighted by Crippen LogP contribution is -2.18. The molecule has 0 unspecified atom stereocenters. The Morgan fingerprint density at radius 1 is 0.970 bits per heavy atom. The van der Waals surface area contributed by atoms with Crippen molar-refractivity contribution >= 4 is 34.5 Å². The number of amides is 1. The van der Waals surface area contributed by atoms with Crippen molar-refractivity contribution in [1.29, 1.82) is 0 Å². The number of rotatable bonds is 7. The molecule has 5 nitrogen and oxygen atoms in total. The highest BCUT2D eigenvalue weighted by Crippen LogP contribution is 2.24. The summed E-state index contributed by atoms with van der Waals surface area (Å²) in [5.41, 5.74) is 6.24. The smallest absolute Gasteiger partial charge is 0.271 e. The van der Waals surface area contributed by atoms with E-state index in [1.165, 1.54) is 29.3 Å². The second kappa shape index (κ2) is 10.3. The third kappa shape index (κ3) is 5.58. The number of hydrogen-bond donors (Lipinski definition) is 2. The Balaban J connectivity index is 1.50. The van der Waals surface area contributed by atoms with Gasteiger partial charge in [0.1, 0.15) is 5.75 Å². The first-order valence-electron chi connectivity index (χ1n) is 10.6. The van der Waals surface area contributed by atoms with E-state index in [9.17, 15) is 9.90 Å². The molecule has 2 N–H and O–H groups in total. The van der Waals surface area contributed by atoms with Crippen molar-refractivity contribution in [2.75, 3.05) is 7.05 Å². The third-order valence-corrected chi connectivity index (χ3v) is 5.67. The fraction of sp³-hybridized carbons (Fsp3) is 0.111. The number of halogens is 1. The minimum absolute atomic E-state index is 0.0716. The standard InChI is InChI=1S/C27H24ClN3O2/c1-31(17-19-7-3-2-4-8-19)18-22-12-11-21(23-9-5-6-10-24(22)23)16-29-30-27(33)20-13-14-26(32)25(28)15-20/h2-16,32H,17-18H2,1H3,(H,30,33)/b29-16+. The SMILES string of the molecule is CN(Cc1ccccc1)Cc1ccc(/C=N/NC(=O)c2ccc(O)c(Cl)c2)c2ccccc12. The maximum Gasteiger partial charge on any atom is 0.271 e. The quantitative estimate of drug-likeness (QED) is 0.280. The largest absolute Gasteiger partial charge is 0.506 e. The van der Waals surface area contributed by atoms with E-state index in [0.29, 0.717) is 5.56 Å². The summed E-state index contributed by atoms with van der Waals surface area (Å²) in [6.45, 7) is 1.68. The average molecular weight is 458 g/mol. The van der Waals surface area contributed by atoms with Crippen LogP contribution in [0.5, 0.6) is 5.75 Å². The zero-order valence-electron chi connectivity index (χ0n) is 18.2. The third-order valence-electron chi connectivity index (χ3n) is 5.36. The van der Waals surface area contributed by atoms with Gasteiger partial charge in [-0.05, 0) is 47.1 Å². The van der Waals surface area contributed by atoms with Crippen LogP contribution in [0, 0.1) is 0 Å². The molecule has 0 spiro atoms. The molecule has 0 saturated heterocycles. The number of phenolic OH excluding ortho intramolecular Hbond substituents is 1. The molecule has 0 aromatic heterocycles. The number of hydrogen-bond acceptors (Lipinski definition) is 4. The Bertz CT molecular complexity index is 1310. The van der Waals surface area contributed by atoms with Gasteiger partial charge in [0.15, 0.2) is 0 Å². The average Bonchev–Trinajstić information content (AvgIpc) is 2.82. The van der Waals surface area contributed by atoms with Gasteiger partial charge < -0.3 is 5.11 Å². The fourth-order valence-corrected chi connectivity index (χ4v) is 3.93. The maximum absolute atomic E-state index is 12.3. The first-order chi connectivity index (χ1) is 16.0. The highest BCUT2D eigenvalue weighted by molar-refractivity contribution is 6.32. The lowest BCUT2D eigenvalue weighted by atomic mass is 9.99. The van der Waals surface area contributed by atoms with Crippen LogP contribution in [0.4, 0.5) is 0 Å². The van der Waals surface area contributed by atoms with Gasteiger partial charge in [-0.3, -0.25) is 9.69 Å². The first-order valence-corrected chi connectivity index (χ1v) is 10.9. The zero-order chi connectivity index (χ0) is 23.2. The highest BCUT2D eigenvalue weighted by Gasteiger charge is 2.09. The van der Waals surface area contributed by atoms with Crippen molar-refractivity contribution in [3.05, 3.63) is 112 Å². The van der Waals surface area contributed by atoms with Gasteiger partial charge in [0.05, 0.1) is 11.2 Å². The number of carbonyl (C=O) groups is 1. The van der Waals surface area contributed by atoms with E-state index in [2.05, 4.69) is 64.9 Å². The van der Waals surface area contributed by atoms with Gasteiger partial charge in [-0.25, -0.2) is 5.43 Å². The number of aromatic hydroxyl groups is 1. The molecular weight excluding hydrogens is 434 g/mol. The molecule has 0 aliphatic heterocycles. The molecule has 166 valence electrons. The molecular formula is C27H24ClN3O2. The molecule has 6 heteroatoms. The molecule has 0 fully saturated rings. The molecule has 4 aromatic carbocycles. The summed E-state index contributed by atoms with van der Waals surface area (Å²) in [7, 11) is 2.11. The first kappa shape index (κ1) is 22.5. The van der Waals surface area contributed by atoms with Gasteiger partial charge in [-0.15, -0.1) is 0 Å². The second-order valence-corrected chi connectivity index (χ2v) is 8.29. The Kier molecular flexibility index (Phi) is 7.03. The highest BCUT2D eigenvalue weighted by atomic mass is 35.5. The van der Waals surface area contributed by atoms with Gasteiger partial charge in [-0.1, -0.05) is 78.3 Å². The molecule has 0 heterocycles. The summed E-state index contributed by atoms with van der Waals surface area (Å²) in [4.78, 5) is 14.6. The predicted molar refractivity (Wildman–Crippen MR) is 134 cm³/mol. The number of hydrazone groups is 1. The van der Waals surface area contributed by atoms with E-state index in [1.807, 2.05) is 24.3 Å². The summed E-state index contributed by atoms with van der Waals surface area (Å²) in [5, 5.41) is 16.0. The van der Waals surface area contributed by atoms with Crippen molar-refractivity contribution in [1.82, 2.24) is 10.3 Å². The van der Waals surface area contributed by atoms with Crippen LogP contribution in [0.2, 0.25) is 5.02 Å².